The van der Waals surface area contributed by atoms with E-state index < -0.39 is 0 Å². The van der Waals surface area contributed by atoms with Crippen LogP contribution in [-0.2, 0) is 14.3 Å². The largest absolute Gasteiger partial charge is 0.456 e. The lowest BCUT2D eigenvalue weighted by Crippen LogP contribution is -2.36. The molecule has 2 aliphatic rings. The second-order valence-electron chi connectivity index (χ2n) is 11.8. The number of rotatable bonds is 6. The van der Waals surface area contributed by atoms with Crippen LogP contribution in [0.15, 0.2) is 47.1 Å². The summed E-state index contributed by atoms with van der Waals surface area (Å²) in [6, 6.07) is 0. The minimum Gasteiger partial charge on any atom is -0.456 e. The Kier molecular flexibility index (Phi) is 12.6. The molecule has 5 atom stereocenters. The van der Waals surface area contributed by atoms with E-state index in [2.05, 4.69) is 73.3 Å². The highest BCUT2D eigenvalue weighted by Gasteiger charge is 2.32. The Morgan fingerprint density at radius 1 is 1.00 bits per heavy atom. The molecule has 0 radical (unpaired) electrons. The number of hydrogen-bond acceptors (Lipinski definition) is 3. The Bertz CT molecular complexity index is 785. The topological polar surface area (TPSA) is 35.5 Å². The standard InChI is InChI=1S/C32H52O3/c1-22(2)28-18-16-27(8)19-30(28)34-21-32(33)35-31-20-26(7)14-10-12-24(5)11-9-13-25(6)15-17-29(31)23(3)4/h12-13,20,22,27-31H,3,9-11,14-19,21H2,1-2,4-8H3/b24-12+,25-13+,26-20+/t27-,28+,29+,30?,31-/m1/s1. The van der Waals surface area contributed by atoms with Gasteiger partial charge in [-0.15, -0.1) is 0 Å². The molecule has 0 N–H and O–H groups in total. The summed E-state index contributed by atoms with van der Waals surface area (Å²) in [6.07, 6.45) is 16.4. The van der Waals surface area contributed by atoms with Crippen LogP contribution in [0.5, 0.6) is 0 Å². The van der Waals surface area contributed by atoms with Gasteiger partial charge < -0.3 is 9.47 Å². The fraction of sp³-hybridized carbons (Fsp3) is 0.719. The third-order valence-electron chi connectivity index (χ3n) is 8.04. The molecule has 3 nitrogen and oxygen atoms in total. The van der Waals surface area contributed by atoms with Gasteiger partial charge in [-0.2, -0.15) is 0 Å². The number of ether oxygens (including phenoxy) is 2. The molecule has 3 heteroatoms. The molecule has 0 aromatic carbocycles. The summed E-state index contributed by atoms with van der Waals surface area (Å²) < 4.78 is 12.3. The molecule has 198 valence electrons. The first kappa shape index (κ1) is 29.6. The van der Waals surface area contributed by atoms with Gasteiger partial charge in [0, 0.05) is 5.92 Å². The minimum atomic E-state index is -0.296. The molecule has 0 aliphatic heterocycles. The van der Waals surface area contributed by atoms with Crippen LogP contribution < -0.4 is 0 Å². The van der Waals surface area contributed by atoms with Crippen LogP contribution in [0.3, 0.4) is 0 Å². The van der Waals surface area contributed by atoms with Crippen LogP contribution in [0.2, 0.25) is 0 Å². The number of carbonyl (C=O) groups excluding carboxylic acids is 1. The second-order valence-corrected chi connectivity index (χ2v) is 11.8. The molecule has 0 aromatic heterocycles. The van der Waals surface area contributed by atoms with Gasteiger partial charge in [0.25, 0.3) is 0 Å². The van der Waals surface area contributed by atoms with Crippen molar-refractivity contribution in [2.75, 3.05) is 6.61 Å². The van der Waals surface area contributed by atoms with Crippen molar-refractivity contribution in [3.63, 3.8) is 0 Å². The number of carbonyl (C=O) groups is 1. The Morgan fingerprint density at radius 2 is 1.63 bits per heavy atom. The maximum Gasteiger partial charge on any atom is 0.332 e. The van der Waals surface area contributed by atoms with Gasteiger partial charge >= 0.3 is 5.97 Å². The minimum absolute atomic E-state index is 0.0355. The smallest absolute Gasteiger partial charge is 0.332 e. The molecule has 1 fully saturated rings. The molecule has 0 aromatic rings. The third kappa shape index (κ3) is 10.5. The monoisotopic (exact) mass is 484 g/mol. The lowest BCUT2D eigenvalue weighted by atomic mass is 9.75. The van der Waals surface area contributed by atoms with Crippen molar-refractivity contribution >= 4 is 5.97 Å². The van der Waals surface area contributed by atoms with E-state index in [0.717, 1.165) is 50.5 Å². The van der Waals surface area contributed by atoms with Gasteiger partial charge in [0.1, 0.15) is 12.7 Å². The first-order valence-electron chi connectivity index (χ1n) is 14.0. The van der Waals surface area contributed by atoms with E-state index in [0.29, 0.717) is 17.8 Å². The first-order valence-corrected chi connectivity index (χ1v) is 14.0. The van der Waals surface area contributed by atoms with E-state index in [1.807, 2.05) is 0 Å². The summed E-state index contributed by atoms with van der Waals surface area (Å²) >= 11 is 0. The molecule has 2 aliphatic carbocycles. The van der Waals surface area contributed by atoms with E-state index in [4.69, 9.17) is 9.47 Å². The summed E-state index contributed by atoms with van der Waals surface area (Å²) in [6.45, 7) is 19.8. The van der Waals surface area contributed by atoms with Gasteiger partial charge in [-0.1, -0.05) is 68.2 Å². The highest BCUT2D eigenvalue weighted by molar-refractivity contribution is 5.71. The summed E-state index contributed by atoms with van der Waals surface area (Å²) in [5.74, 6) is 1.59. The molecule has 0 amide bonds. The Morgan fingerprint density at radius 3 is 2.26 bits per heavy atom. The average molecular weight is 485 g/mol. The van der Waals surface area contributed by atoms with E-state index in [1.54, 1.807) is 0 Å². The van der Waals surface area contributed by atoms with E-state index in [-0.39, 0.29) is 30.7 Å². The molecular weight excluding hydrogens is 432 g/mol. The summed E-state index contributed by atoms with van der Waals surface area (Å²) in [5, 5.41) is 0. The molecule has 0 spiro atoms. The second kappa shape index (κ2) is 14.8. The molecule has 0 bridgehead atoms. The van der Waals surface area contributed by atoms with Gasteiger partial charge in [-0.25, -0.2) is 4.79 Å². The van der Waals surface area contributed by atoms with Crippen LogP contribution in [0.1, 0.15) is 106 Å². The first-order chi connectivity index (χ1) is 16.6. The lowest BCUT2D eigenvalue weighted by Gasteiger charge is -2.37. The molecule has 0 saturated heterocycles. The van der Waals surface area contributed by atoms with Crippen LogP contribution in [0.4, 0.5) is 0 Å². The predicted molar refractivity (Wildman–Crippen MR) is 148 cm³/mol. The van der Waals surface area contributed by atoms with Crippen molar-refractivity contribution in [3.8, 4) is 0 Å². The van der Waals surface area contributed by atoms with E-state index in [9.17, 15) is 4.79 Å². The molecule has 35 heavy (non-hydrogen) atoms. The highest BCUT2D eigenvalue weighted by Crippen LogP contribution is 2.35. The lowest BCUT2D eigenvalue weighted by molar-refractivity contribution is -0.159. The normalized spacial score (nSPS) is 33.9. The fourth-order valence-electron chi connectivity index (χ4n) is 5.63. The van der Waals surface area contributed by atoms with Crippen molar-refractivity contribution in [1.82, 2.24) is 0 Å². The summed E-state index contributed by atoms with van der Waals surface area (Å²) in [4.78, 5) is 13.0. The van der Waals surface area contributed by atoms with Gasteiger partial charge in [0.05, 0.1) is 6.10 Å². The van der Waals surface area contributed by atoms with Crippen LogP contribution in [0.25, 0.3) is 0 Å². The van der Waals surface area contributed by atoms with Gasteiger partial charge in [-0.3, -0.25) is 0 Å². The van der Waals surface area contributed by atoms with Gasteiger partial charge in [-0.05, 0) is 103 Å². The zero-order valence-electron chi connectivity index (χ0n) is 23.7. The van der Waals surface area contributed by atoms with Gasteiger partial charge in [0.2, 0.25) is 0 Å². The quantitative estimate of drug-likeness (QED) is 0.279. The molecule has 0 heterocycles. The highest BCUT2D eigenvalue weighted by atomic mass is 16.6. The van der Waals surface area contributed by atoms with E-state index >= 15 is 0 Å². The van der Waals surface area contributed by atoms with Crippen molar-refractivity contribution in [2.24, 2.45) is 23.7 Å². The number of allylic oxidation sites excluding steroid dienone is 5. The van der Waals surface area contributed by atoms with Crippen molar-refractivity contribution < 1.29 is 14.3 Å². The van der Waals surface area contributed by atoms with Crippen LogP contribution in [0, 0.1) is 23.7 Å². The van der Waals surface area contributed by atoms with Crippen LogP contribution >= 0.6 is 0 Å². The van der Waals surface area contributed by atoms with Crippen molar-refractivity contribution in [1.29, 1.82) is 0 Å². The van der Waals surface area contributed by atoms with Crippen molar-refractivity contribution in [2.45, 2.75) is 118 Å². The summed E-state index contributed by atoms with van der Waals surface area (Å²) in [5.41, 5.74) is 5.20. The zero-order valence-corrected chi connectivity index (χ0v) is 23.7. The Labute approximate surface area is 216 Å². The fourth-order valence-corrected chi connectivity index (χ4v) is 5.63. The summed E-state index contributed by atoms with van der Waals surface area (Å²) in [7, 11) is 0. The molecule has 1 unspecified atom stereocenters. The molecular formula is C32H52O3. The molecule has 1 saturated carbocycles. The third-order valence-corrected chi connectivity index (χ3v) is 8.04. The number of esters is 1. The zero-order chi connectivity index (χ0) is 26.0. The Balaban J connectivity index is 2.14. The predicted octanol–water partition coefficient (Wildman–Crippen LogP) is 8.76. The van der Waals surface area contributed by atoms with Crippen LogP contribution in [-0.4, -0.2) is 24.8 Å². The Hall–Kier alpha value is -1.61. The maximum atomic E-state index is 13.0. The van der Waals surface area contributed by atoms with E-state index in [1.165, 1.54) is 29.6 Å². The van der Waals surface area contributed by atoms with Gasteiger partial charge in [0.15, 0.2) is 0 Å². The number of hydrogen-bond donors (Lipinski definition) is 0. The maximum absolute atomic E-state index is 13.0. The van der Waals surface area contributed by atoms with Crippen molar-refractivity contribution in [3.05, 3.63) is 47.1 Å². The average Bonchev–Trinajstić information content (AvgIpc) is 2.76. The SMILES string of the molecule is C=C(C)[C@@H]1CC/C(C)=C/CC/C(C)=C/CC/C(C)=C/[C@H]1OC(=O)COC1C[C@H](C)CC[C@H]1C(C)C. The molecule has 2 rings (SSSR count).